The first-order valence-corrected chi connectivity index (χ1v) is 7.40. The molecule has 2 heterocycles. The average Bonchev–Trinajstić information content (AvgIpc) is 2.90. The molecule has 1 fully saturated rings. The normalized spacial score (nSPS) is 24.3. The fourth-order valence-electron chi connectivity index (χ4n) is 3.19. The molecule has 1 aromatic rings. The lowest BCUT2D eigenvalue weighted by atomic mass is 9.90. The molecule has 0 aliphatic carbocycles. The largest absolute Gasteiger partial charge is 0.481 e. The Labute approximate surface area is 123 Å². The van der Waals surface area contributed by atoms with Gasteiger partial charge < -0.3 is 15.3 Å². The lowest BCUT2D eigenvalue weighted by Crippen LogP contribution is -2.35. The van der Waals surface area contributed by atoms with E-state index in [1.54, 1.807) is 11.8 Å². The first kappa shape index (κ1) is 13.9. The summed E-state index contributed by atoms with van der Waals surface area (Å²) in [6.45, 7) is 3.45. The van der Waals surface area contributed by atoms with Gasteiger partial charge in [0.1, 0.15) is 0 Å². The summed E-state index contributed by atoms with van der Waals surface area (Å²) in [5.41, 5.74) is 2.00. The van der Waals surface area contributed by atoms with Crippen LogP contribution in [0.1, 0.15) is 35.7 Å². The molecule has 1 atom stereocenters. The van der Waals surface area contributed by atoms with Gasteiger partial charge in [0.15, 0.2) is 0 Å². The van der Waals surface area contributed by atoms with Crippen LogP contribution in [0.3, 0.4) is 0 Å². The zero-order valence-electron chi connectivity index (χ0n) is 12.2. The second-order valence-electron chi connectivity index (χ2n) is 6.20. The molecule has 112 valence electrons. The van der Waals surface area contributed by atoms with Crippen molar-refractivity contribution >= 4 is 17.6 Å². The standard InChI is InChI=1S/C16H20N2O3/c1-16(15(20)21)7-9-18(10-16)14(19)12-4-2-6-13-11(12)5-3-8-17-13/h2,4,6,17H,3,5,7-10H2,1H3,(H,20,21). The maximum Gasteiger partial charge on any atom is 0.311 e. The van der Waals surface area contributed by atoms with Crippen molar-refractivity contribution in [2.24, 2.45) is 5.41 Å². The van der Waals surface area contributed by atoms with Gasteiger partial charge in [0.25, 0.3) is 5.91 Å². The van der Waals surface area contributed by atoms with Crippen molar-refractivity contribution in [3.05, 3.63) is 29.3 Å². The van der Waals surface area contributed by atoms with Crippen LogP contribution in [0.4, 0.5) is 5.69 Å². The summed E-state index contributed by atoms with van der Waals surface area (Å²) < 4.78 is 0. The predicted molar refractivity (Wildman–Crippen MR) is 79.5 cm³/mol. The van der Waals surface area contributed by atoms with E-state index >= 15 is 0 Å². The molecular weight excluding hydrogens is 268 g/mol. The molecule has 1 saturated heterocycles. The highest BCUT2D eigenvalue weighted by molar-refractivity contribution is 5.98. The number of hydrogen-bond donors (Lipinski definition) is 2. The Balaban J connectivity index is 1.86. The van der Waals surface area contributed by atoms with Gasteiger partial charge in [-0.1, -0.05) is 6.07 Å². The second kappa shape index (κ2) is 5.06. The van der Waals surface area contributed by atoms with Gasteiger partial charge in [0.2, 0.25) is 0 Å². The number of carbonyl (C=O) groups is 2. The number of nitrogens with one attached hydrogen (secondary N) is 1. The third-order valence-electron chi connectivity index (χ3n) is 4.60. The van der Waals surface area contributed by atoms with Gasteiger partial charge in [-0.3, -0.25) is 9.59 Å². The highest BCUT2D eigenvalue weighted by atomic mass is 16.4. The van der Waals surface area contributed by atoms with Crippen LogP contribution in [0.25, 0.3) is 0 Å². The molecule has 1 aromatic carbocycles. The van der Waals surface area contributed by atoms with Crippen LogP contribution in [0.2, 0.25) is 0 Å². The van der Waals surface area contributed by atoms with Crippen LogP contribution < -0.4 is 5.32 Å². The maximum absolute atomic E-state index is 12.7. The maximum atomic E-state index is 12.7. The van der Waals surface area contributed by atoms with E-state index in [4.69, 9.17) is 0 Å². The number of hydrogen-bond acceptors (Lipinski definition) is 3. The molecule has 3 rings (SSSR count). The van der Waals surface area contributed by atoms with E-state index in [1.807, 2.05) is 18.2 Å². The number of aliphatic carboxylic acids is 1. The number of carboxylic acids is 1. The van der Waals surface area contributed by atoms with E-state index < -0.39 is 11.4 Å². The van der Waals surface area contributed by atoms with Gasteiger partial charge in [0.05, 0.1) is 5.41 Å². The van der Waals surface area contributed by atoms with E-state index in [0.717, 1.165) is 30.6 Å². The van der Waals surface area contributed by atoms with Crippen molar-refractivity contribution in [3.8, 4) is 0 Å². The molecule has 0 saturated carbocycles. The Hall–Kier alpha value is -2.04. The third-order valence-corrected chi connectivity index (χ3v) is 4.60. The van der Waals surface area contributed by atoms with Gasteiger partial charge in [-0.05, 0) is 43.9 Å². The van der Waals surface area contributed by atoms with Crippen LogP contribution in [0.15, 0.2) is 18.2 Å². The Morgan fingerprint density at radius 3 is 2.90 bits per heavy atom. The minimum Gasteiger partial charge on any atom is -0.481 e. The van der Waals surface area contributed by atoms with E-state index in [9.17, 15) is 14.7 Å². The zero-order valence-corrected chi connectivity index (χ0v) is 12.2. The number of fused-ring (bicyclic) bond motifs is 1. The minimum atomic E-state index is -0.824. The molecule has 21 heavy (non-hydrogen) atoms. The number of carboxylic acid groups (broad SMARTS) is 1. The molecule has 1 amide bonds. The highest BCUT2D eigenvalue weighted by Gasteiger charge is 2.42. The van der Waals surface area contributed by atoms with E-state index in [1.165, 1.54) is 0 Å². The van der Waals surface area contributed by atoms with Crippen LogP contribution in [0, 0.1) is 5.41 Å². The molecular formula is C16H20N2O3. The molecule has 2 N–H and O–H groups in total. The van der Waals surface area contributed by atoms with E-state index in [0.29, 0.717) is 18.5 Å². The molecule has 0 aromatic heterocycles. The molecule has 5 heteroatoms. The lowest BCUT2D eigenvalue weighted by Gasteiger charge is -2.24. The highest BCUT2D eigenvalue weighted by Crippen LogP contribution is 2.33. The zero-order chi connectivity index (χ0) is 15.0. The van der Waals surface area contributed by atoms with E-state index in [2.05, 4.69) is 5.32 Å². The van der Waals surface area contributed by atoms with Crippen LogP contribution in [-0.4, -0.2) is 41.5 Å². The van der Waals surface area contributed by atoms with Crippen molar-refractivity contribution < 1.29 is 14.7 Å². The summed E-state index contributed by atoms with van der Waals surface area (Å²) in [5, 5.41) is 12.6. The van der Waals surface area contributed by atoms with Crippen LogP contribution >= 0.6 is 0 Å². The van der Waals surface area contributed by atoms with Crippen molar-refractivity contribution in [2.75, 3.05) is 25.0 Å². The summed E-state index contributed by atoms with van der Waals surface area (Å²) in [4.78, 5) is 25.7. The summed E-state index contributed by atoms with van der Waals surface area (Å²) in [5.74, 6) is -0.866. The van der Waals surface area contributed by atoms with Crippen molar-refractivity contribution in [2.45, 2.75) is 26.2 Å². The molecule has 1 unspecified atom stereocenters. The Morgan fingerprint density at radius 2 is 2.19 bits per heavy atom. The van der Waals surface area contributed by atoms with Gasteiger partial charge in [-0.2, -0.15) is 0 Å². The average molecular weight is 288 g/mol. The molecule has 5 nitrogen and oxygen atoms in total. The SMILES string of the molecule is CC1(C(=O)O)CCN(C(=O)c2cccc3c2CCCN3)C1. The van der Waals surface area contributed by atoms with Gasteiger partial charge in [-0.15, -0.1) is 0 Å². The van der Waals surface area contributed by atoms with Gasteiger partial charge >= 0.3 is 5.97 Å². The Bertz CT molecular complexity index is 599. The number of carbonyl (C=O) groups excluding carboxylic acids is 1. The Morgan fingerprint density at radius 1 is 1.38 bits per heavy atom. The molecule has 2 aliphatic heterocycles. The first-order valence-electron chi connectivity index (χ1n) is 7.40. The lowest BCUT2D eigenvalue weighted by molar-refractivity contribution is -0.147. The van der Waals surface area contributed by atoms with Crippen molar-refractivity contribution in [1.29, 1.82) is 0 Å². The fourth-order valence-corrected chi connectivity index (χ4v) is 3.19. The molecule has 0 spiro atoms. The third kappa shape index (κ3) is 2.37. The number of anilines is 1. The summed E-state index contributed by atoms with van der Waals surface area (Å²) >= 11 is 0. The fraction of sp³-hybridized carbons (Fsp3) is 0.500. The second-order valence-corrected chi connectivity index (χ2v) is 6.20. The number of benzene rings is 1. The van der Waals surface area contributed by atoms with Crippen LogP contribution in [0.5, 0.6) is 0 Å². The number of nitrogens with zero attached hydrogens (tertiary/aromatic N) is 1. The summed E-state index contributed by atoms with van der Waals surface area (Å²) in [6, 6.07) is 5.73. The number of rotatable bonds is 2. The summed E-state index contributed by atoms with van der Waals surface area (Å²) in [7, 11) is 0. The van der Waals surface area contributed by atoms with E-state index in [-0.39, 0.29) is 12.5 Å². The van der Waals surface area contributed by atoms with Crippen LogP contribution in [-0.2, 0) is 11.2 Å². The van der Waals surface area contributed by atoms with Crippen molar-refractivity contribution in [3.63, 3.8) is 0 Å². The monoisotopic (exact) mass is 288 g/mol. The molecule has 0 bridgehead atoms. The number of likely N-dealkylation sites (tertiary alicyclic amines) is 1. The van der Waals surface area contributed by atoms with Gasteiger partial charge in [-0.25, -0.2) is 0 Å². The topological polar surface area (TPSA) is 69.6 Å². The number of amides is 1. The smallest absolute Gasteiger partial charge is 0.311 e. The first-order chi connectivity index (χ1) is 10.0. The predicted octanol–water partition coefficient (Wildman–Crippen LogP) is 1.98. The van der Waals surface area contributed by atoms with Gasteiger partial charge in [0, 0.05) is 30.9 Å². The molecule has 2 aliphatic rings. The Kier molecular flexibility index (Phi) is 3.35. The van der Waals surface area contributed by atoms with Crippen molar-refractivity contribution in [1.82, 2.24) is 4.90 Å². The molecule has 0 radical (unpaired) electrons. The summed E-state index contributed by atoms with van der Waals surface area (Å²) in [6.07, 6.45) is 2.43. The quantitative estimate of drug-likeness (QED) is 0.873. The minimum absolute atomic E-state index is 0.0412.